The number of nitrogens with two attached hydrogens (primary N) is 2. The van der Waals surface area contributed by atoms with E-state index in [9.17, 15) is 4.79 Å². The summed E-state index contributed by atoms with van der Waals surface area (Å²) < 4.78 is 4.51. The summed E-state index contributed by atoms with van der Waals surface area (Å²) in [4.78, 5) is 11.0. The zero-order chi connectivity index (χ0) is 10.7. The van der Waals surface area contributed by atoms with Gasteiger partial charge in [-0.05, 0) is 12.1 Å². The van der Waals surface area contributed by atoms with Crippen LogP contribution in [0.4, 0.5) is 11.4 Å². The molecule has 76 valence electrons. The van der Waals surface area contributed by atoms with Crippen LogP contribution in [0.3, 0.4) is 0 Å². The van der Waals surface area contributed by atoms with E-state index >= 15 is 0 Å². The Morgan fingerprint density at radius 2 is 1.93 bits per heavy atom. The van der Waals surface area contributed by atoms with Gasteiger partial charge in [-0.3, -0.25) is 4.79 Å². The van der Waals surface area contributed by atoms with Gasteiger partial charge in [0.25, 0.3) is 0 Å². The summed E-state index contributed by atoms with van der Waals surface area (Å²) in [5, 5.41) is 0.452. The Morgan fingerprint density at radius 1 is 1.43 bits per heavy atom. The molecular formula is C9H11ClN2O2. The Labute approximate surface area is 86.8 Å². The minimum atomic E-state index is -0.384. The van der Waals surface area contributed by atoms with Gasteiger partial charge >= 0.3 is 5.97 Å². The number of benzene rings is 1. The molecule has 0 heterocycles. The van der Waals surface area contributed by atoms with Gasteiger partial charge in [-0.2, -0.15) is 0 Å². The van der Waals surface area contributed by atoms with Crippen molar-refractivity contribution in [1.29, 1.82) is 0 Å². The number of ether oxygens (including phenoxy) is 1. The van der Waals surface area contributed by atoms with Crippen molar-refractivity contribution in [3.8, 4) is 0 Å². The van der Waals surface area contributed by atoms with E-state index in [1.165, 1.54) is 7.11 Å². The van der Waals surface area contributed by atoms with E-state index in [1.54, 1.807) is 12.1 Å². The molecule has 1 aromatic rings. The molecule has 0 atom stereocenters. The first-order valence-electron chi connectivity index (χ1n) is 3.94. The van der Waals surface area contributed by atoms with Crippen LogP contribution < -0.4 is 11.5 Å². The number of methoxy groups -OCH3 is 1. The van der Waals surface area contributed by atoms with Crippen molar-refractivity contribution in [1.82, 2.24) is 0 Å². The van der Waals surface area contributed by atoms with Crippen LogP contribution in [0, 0.1) is 0 Å². The molecule has 0 bridgehead atoms. The number of anilines is 2. The van der Waals surface area contributed by atoms with Crippen LogP contribution in [0.2, 0.25) is 5.02 Å². The van der Waals surface area contributed by atoms with Gasteiger partial charge in [0.05, 0.1) is 13.5 Å². The van der Waals surface area contributed by atoms with Gasteiger partial charge in [0.15, 0.2) is 0 Å². The molecule has 0 aliphatic carbocycles. The highest BCUT2D eigenvalue weighted by molar-refractivity contribution is 6.31. The lowest BCUT2D eigenvalue weighted by Gasteiger charge is -2.08. The van der Waals surface area contributed by atoms with E-state index in [4.69, 9.17) is 23.1 Å². The van der Waals surface area contributed by atoms with Crippen molar-refractivity contribution in [3.05, 3.63) is 22.7 Å². The molecule has 0 spiro atoms. The van der Waals surface area contributed by atoms with E-state index in [-0.39, 0.29) is 12.4 Å². The predicted molar refractivity (Wildman–Crippen MR) is 56.0 cm³/mol. The lowest BCUT2D eigenvalue weighted by molar-refractivity contribution is -0.139. The van der Waals surface area contributed by atoms with Gasteiger partial charge in [0.1, 0.15) is 0 Å². The lowest BCUT2D eigenvalue weighted by Crippen LogP contribution is -2.09. The van der Waals surface area contributed by atoms with Crippen LogP contribution in [-0.2, 0) is 16.0 Å². The fourth-order valence-electron chi connectivity index (χ4n) is 1.10. The third kappa shape index (κ3) is 2.29. The van der Waals surface area contributed by atoms with Crippen molar-refractivity contribution in [3.63, 3.8) is 0 Å². The molecule has 14 heavy (non-hydrogen) atoms. The molecule has 1 aromatic carbocycles. The first kappa shape index (κ1) is 10.7. The smallest absolute Gasteiger partial charge is 0.310 e. The summed E-state index contributed by atoms with van der Waals surface area (Å²) in [6, 6.07) is 3.10. The summed E-state index contributed by atoms with van der Waals surface area (Å²) in [7, 11) is 1.31. The summed E-state index contributed by atoms with van der Waals surface area (Å²) >= 11 is 5.72. The highest BCUT2D eigenvalue weighted by Crippen LogP contribution is 2.25. The van der Waals surface area contributed by atoms with Gasteiger partial charge in [0, 0.05) is 22.0 Å². The molecule has 0 fully saturated rings. The first-order chi connectivity index (χ1) is 6.54. The van der Waals surface area contributed by atoms with Gasteiger partial charge in [-0.25, -0.2) is 0 Å². The van der Waals surface area contributed by atoms with Crippen LogP contribution in [0.5, 0.6) is 0 Å². The monoisotopic (exact) mass is 214 g/mol. The SMILES string of the molecule is COC(=O)Cc1c(N)cc(Cl)cc1N. The van der Waals surface area contributed by atoms with Crippen LogP contribution in [0.1, 0.15) is 5.56 Å². The van der Waals surface area contributed by atoms with E-state index < -0.39 is 0 Å². The minimum absolute atomic E-state index is 0.0608. The van der Waals surface area contributed by atoms with E-state index in [0.717, 1.165) is 0 Å². The van der Waals surface area contributed by atoms with Crippen molar-refractivity contribution in [2.45, 2.75) is 6.42 Å². The summed E-state index contributed by atoms with van der Waals surface area (Å²) in [6.07, 6.45) is 0.0608. The zero-order valence-corrected chi connectivity index (χ0v) is 8.47. The van der Waals surface area contributed by atoms with Crippen LogP contribution >= 0.6 is 11.6 Å². The van der Waals surface area contributed by atoms with Crippen molar-refractivity contribution >= 4 is 28.9 Å². The number of rotatable bonds is 2. The number of carbonyl (C=O) groups excluding carboxylic acids is 1. The van der Waals surface area contributed by atoms with E-state index in [0.29, 0.717) is 22.0 Å². The Bertz CT molecular complexity index is 343. The molecular weight excluding hydrogens is 204 g/mol. The summed E-state index contributed by atoms with van der Waals surface area (Å²) in [5.74, 6) is -0.384. The molecule has 0 amide bonds. The number of nitrogen functional groups attached to an aromatic ring is 2. The fourth-order valence-corrected chi connectivity index (χ4v) is 1.34. The second-order valence-corrected chi connectivity index (χ2v) is 3.25. The van der Waals surface area contributed by atoms with Gasteiger partial charge < -0.3 is 16.2 Å². The van der Waals surface area contributed by atoms with Gasteiger partial charge in [-0.15, -0.1) is 0 Å². The second-order valence-electron chi connectivity index (χ2n) is 2.82. The lowest BCUT2D eigenvalue weighted by atomic mass is 10.1. The Morgan fingerprint density at radius 3 is 2.36 bits per heavy atom. The standard InChI is InChI=1S/C9H11ClN2O2/c1-14-9(13)4-6-7(11)2-5(10)3-8(6)12/h2-3H,4,11-12H2,1H3. The maximum absolute atomic E-state index is 11.0. The van der Waals surface area contributed by atoms with Gasteiger partial charge in [0.2, 0.25) is 0 Å². The number of carbonyl (C=O) groups is 1. The Hall–Kier alpha value is -1.42. The van der Waals surface area contributed by atoms with Crippen molar-refractivity contribution in [2.75, 3.05) is 18.6 Å². The highest BCUT2D eigenvalue weighted by Gasteiger charge is 2.10. The highest BCUT2D eigenvalue weighted by atomic mass is 35.5. The zero-order valence-electron chi connectivity index (χ0n) is 7.71. The second kappa shape index (κ2) is 4.19. The van der Waals surface area contributed by atoms with E-state index in [2.05, 4.69) is 4.74 Å². The Kier molecular flexibility index (Phi) is 3.19. The quantitative estimate of drug-likeness (QED) is 0.573. The molecule has 0 aromatic heterocycles. The maximum atomic E-state index is 11.0. The molecule has 4 nitrogen and oxygen atoms in total. The number of hydrogen-bond acceptors (Lipinski definition) is 4. The number of halogens is 1. The normalized spacial score (nSPS) is 9.86. The first-order valence-corrected chi connectivity index (χ1v) is 4.32. The molecule has 0 aliphatic rings. The van der Waals surface area contributed by atoms with Crippen LogP contribution in [0.25, 0.3) is 0 Å². The van der Waals surface area contributed by atoms with Crippen molar-refractivity contribution in [2.24, 2.45) is 0 Å². The largest absolute Gasteiger partial charge is 0.469 e. The maximum Gasteiger partial charge on any atom is 0.310 e. The number of esters is 1. The summed E-state index contributed by atoms with van der Waals surface area (Å²) in [6.45, 7) is 0. The molecule has 1 rings (SSSR count). The Balaban J connectivity index is 3.02. The average molecular weight is 215 g/mol. The molecule has 4 N–H and O–H groups in total. The molecule has 0 saturated heterocycles. The molecule has 5 heteroatoms. The van der Waals surface area contributed by atoms with Crippen LogP contribution in [0.15, 0.2) is 12.1 Å². The summed E-state index contributed by atoms with van der Waals surface area (Å²) in [5.41, 5.74) is 12.7. The third-order valence-electron chi connectivity index (χ3n) is 1.83. The molecule has 0 aliphatic heterocycles. The minimum Gasteiger partial charge on any atom is -0.469 e. The van der Waals surface area contributed by atoms with Crippen LogP contribution in [-0.4, -0.2) is 13.1 Å². The van der Waals surface area contributed by atoms with E-state index in [1.807, 2.05) is 0 Å². The molecule has 0 unspecified atom stereocenters. The van der Waals surface area contributed by atoms with Crippen molar-refractivity contribution < 1.29 is 9.53 Å². The molecule has 0 radical (unpaired) electrons. The average Bonchev–Trinajstić information content (AvgIpc) is 2.10. The third-order valence-corrected chi connectivity index (χ3v) is 2.05. The predicted octanol–water partition coefficient (Wildman–Crippen LogP) is 1.22. The topological polar surface area (TPSA) is 78.3 Å². The fraction of sp³-hybridized carbons (Fsp3) is 0.222. The van der Waals surface area contributed by atoms with Gasteiger partial charge in [-0.1, -0.05) is 11.6 Å². The number of hydrogen-bond donors (Lipinski definition) is 2. The molecule has 0 saturated carbocycles.